The monoisotopic (exact) mass is 460 g/mol. The summed E-state index contributed by atoms with van der Waals surface area (Å²) in [5.74, 6) is -0.339. The molecule has 1 aliphatic carbocycles. The average Bonchev–Trinajstić information content (AvgIpc) is 3.58. The van der Waals surface area contributed by atoms with E-state index in [4.69, 9.17) is 0 Å². The van der Waals surface area contributed by atoms with Crippen LogP contribution in [0, 0.1) is 0 Å². The van der Waals surface area contributed by atoms with Gasteiger partial charge in [-0.15, -0.1) is 0 Å². The molecule has 0 bridgehead atoms. The summed E-state index contributed by atoms with van der Waals surface area (Å²) in [6, 6.07) is 13.4. The maximum absolute atomic E-state index is 13.0. The van der Waals surface area contributed by atoms with Gasteiger partial charge in [0.25, 0.3) is 5.91 Å². The van der Waals surface area contributed by atoms with E-state index in [0.29, 0.717) is 11.0 Å². The fourth-order valence-corrected chi connectivity index (χ4v) is 3.78. The topological polar surface area (TPSA) is 76.9 Å². The Morgan fingerprint density at radius 3 is 2.77 bits per heavy atom. The highest BCUT2D eigenvalue weighted by molar-refractivity contribution is 9.10. The van der Waals surface area contributed by atoms with E-state index < -0.39 is 0 Å². The Morgan fingerprint density at radius 1 is 1.10 bits per heavy atom. The number of halogens is 1. The predicted molar refractivity (Wildman–Crippen MR) is 119 cm³/mol. The lowest BCUT2D eigenvalue weighted by Gasteiger charge is -2.14. The third-order valence-corrected chi connectivity index (χ3v) is 5.52. The van der Waals surface area contributed by atoms with E-state index >= 15 is 0 Å². The predicted octanol–water partition coefficient (Wildman–Crippen LogP) is 4.10. The van der Waals surface area contributed by atoms with E-state index in [1.54, 1.807) is 41.5 Å². The number of carbonyl (C=O) groups excluding carboxylic acids is 1. The number of fused-ring (bicyclic) bond motifs is 1. The van der Waals surface area contributed by atoms with Gasteiger partial charge in [-0.05, 0) is 64.7 Å². The third-order valence-electron chi connectivity index (χ3n) is 5.08. The number of benzene rings is 1. The highest BCUT2D eigenvalue weighted by atomic mass is 79.9. The van der Waals surface area contributed by atoms with Crippen molar-refractivity contribution in [2.75, 3.05) is 0 Å². The number of pyridine rings is 3. The molecular formula is C23H17BrN4O2. The first kappa shape index (κ1) is 18.7. The smallest absolute Gasteiger partial charge is 0.257 e. The normalized spacial score (nSPS) is 13.4. The van der Waals surface area contributed by atoms with Crippen LogP contribution in [0.5, 0.6) is 0 Å². The van der Waals surface area contributed by atoms with Crippen molar-refractivity contribution in [2.24, 2.45) is 0 Å². The Bertz CT molecular complexity index is 1340. The van der Waals surface area contributed by atoms with Gasteiger partial charge in [-0.25, -0.2) is 4.98 Å². The second-order valence-electron chi connectivity index (χ2n) is 7.31. The van der Waals surface area contributed by atoms with Gasteiger partial charge in [0.15, 0.2) is 0 Å². The van der Waals surface area contributed by atoms with Crippen LogP contribution in [-0.4, -0.2) is 26.5 Å². The van der Waals surface area contributed by atoms with Gasteiger partial charge in [-0.2, -0.15) is 0 Å². The van der Waals surface area contributed by atoms with Gasteiger partial charge in [0.1, 0.15) is 11.2 Å². The minimum atomic E-state index is -0.339. The molecule has 1 saturated carbocycles. The molecule has 1 aromatic carbocycles. The minimum absolute atomic E-state index is 0.122. The summed E-state index contributed by atoms with van der Waals surface area (Å²) in [6.45, 7) is 0. The Hall–Kier alpha value is -3.32. The molecule has 6 nitrogen and oxygen atoms in total. The van der Waals surface area contributed by atoms with Gasteiger partial charge < -0.3 is 9.88 Å². The maximum atomic E-state index is 13.0. The molecule has 30 heavy (non-hydrogen) atoms. The summed E-state index contributed by atoms with van der Waals surface area (Å²) in [5.41, 5.74) is 3.05. The summed E-state index contributed by atoms with van der Waals surface area (Å²) < 4.78 is 2.69. The van der Waals surface area contributed by atoms with Gasteiger partial charge in [-0.3, -0.25) is 14.6 Å². The molecule has 1 fully saturated rings. The maximum Gasteiger partial charge on any atom is 0.257 e. The number of hydrogen-bond acceptors (Lipinski definition) is 4. The quantitative estimate of drug-likeness (QED) is 0.497. The van der Waals surface area contributed by atoms with Crippen molar-refractivity contribution in [2.45, 2.75) is 18.9 Å². The first-order valence-electron chi connectivity index (χ1n) is 9.63. The number of amides is 1. The van der Waals surface area contributed by atoms with Gasteiger partial charge in [0.05, 0.1) is 5.39 Å². The number of hydrogen-bond donors (Lipinski definition) is 1. The van der Waals surface area contributed by atoms with Crippen LogP contribution in [0.4, 0.5) is 0 Å². The molecule has 0 saturated heterocycles. The SMILES string of the molecule is O=C(NC1CC1)c1cn(-c2cccc(-c3cncc(Br)c3)c2)c2ncccc2c1=O. The van der Waals surface area contributed by atoms with Crippen LogP contribution < -0.4 is 10.7 Å². The van der Waals surface area contributed by atoms with E-state index in [-0.39, 0.29) is 22.9 Å². The van der Waals surface area contributed by atoms with Gasteiger partial charge in [-0.1, -0.05) is 12.1 Å². The lowest BCUT2D eigenvalue weighted by molar-refractivity contribution is 0.0949. The summed E-state index contributed by atoms with van der Waals surface area (Å²) in [6.07, 6.45) is 8.67. The molecule has 3 heterocycles. The molecule has 0 spiro atoms. The number of rotatable bonds is 4. The lowest BCUT2D eigenvalue weighted by atomic mass is 10.1. The molecular weight excluding hydrogens is 444 g/mol. The molecule has 148 valence electrons. The molecule has 3 aromatic heterocycles. The molecule has 0 radical (unpaired) electrons. The van der Waals surface area contributed by atoms with Crippen molar-refractivity contribution in [3.63, 3.8) is 0 Å². The van der Waals surface area contributed by atoms with Crippen LogP contribution >= 0.6 is 15.9 Å². The van der Waals surface area contributed by atoms with Crippen LogP contribution in [0.15, 0.2) is 76.5 Å². The summed E-state index contributed by atoms with van der Waals surface area (Å²) >= 11 is 3.46. The zero-order chi connectivity index (χ0) is 20.7. The van der Waals surface area contributed by atoms with Crippen molar-refractivity contribution >= 4 is 32.9 Å². The number of aromatic nitrogens is 3. The molecule has 7 heteroatoms. The van der Waals surface area contributed by atoms with E-state index in [1.165, 1.54) is 0 Å². The Balaban J connectivity index is 1.68. The Morgan fingerprint density at radius 2 is 1.97 bits per heavy atom. The highest BCUT2D eigenvalue weighted by Gasteiger charge is 2.26. The largest absolute Gasteiger partial charge is 0.349 e. The summed E-state index contributed by atoms with van der Waals surface area (Å²) in [7, 11) is 0. The molecule has 0 aliphatic heterocycles. The fraction of sp³-hybridized carbons (Fsp3) is 0.130. The standard InChI is InChI=1S/C23H17BrN4O2/c24-16-9-15(11-25-12-16)14-3-1-4-18(10-14)28-13-20(23(30)27-17-6-7-17)21(29)19-5-2-8-26-22(19)28/h1-5,8-13,17H,6-7H2,(H,27,30). The van der Waals surface area contributed by atoms with Crippen LogP contribution in [0.3, 0.4) is 0 Å². The van der Waals surface area contributed by atoms with Crippen molar-refractivity contribution in [3.05, 3.63) is 87.5 Å². The fourth-order valence-electron chi connectivity index (χ4n) is 3.41. The lowest BCUT2D eigenvalue weighted by Crippen LogP contribution is -2.31. The molecule has 1 aliphatic rings. The summed E-state index contributed by atoms with van der Waals surface area (Å²) in [4.78, 5) is 34.3. The zero-order valence-electron chi connectivity index (χ0n) is 15.9. The molecule has 4 aromatic rings. The van der Waals surface area contributed by atoms with E-state index in [1.807, 2.05) is 30.3 Å². The van der Waals surface area contributed by atoms with E-state index in [2.05, 4.69) is 31.2 Å². The molecule has 5 rings (SSSR count). The van der Waals surface area contributed by atoms with Crippen LogP contribution in [-0.2, 0) is 0 Å². The first-order valence-corrected chi connectivity index (χ1v) is 10.4. The second kappa shape index (κ2) is 7.50. The van der Waals surface area contributed by atoms with Crippen molar-refractivity contribution in [3.8, 4) is 16.8 Å². The van der Waals surface area contributed by atoms with Gasteiger partial charge in [0.2, 0.25) is 5.43 Å². The highest BCUT2D eigenvalue weighted by Crippen LogP contribution is 2.25. The van der Waals surface area contributed by atoms with Gasteiger partial charge >= 0.3 is 0 Å². The number of carbonyl (C=O) groups is 1. The Kier molecular flexibility index (Phi) is 4.67. The van der Waals surface area contributed by atoms with Crippen molar-refractivity contribution in [1.82, 2.24) is 19.9 Å². The van der Waals surface area contributed by atoms with Crippen LogP contribution in [0.2, 0.25) is 0 Å². The number of nitrogens with zero attached hydrogens (tertiary/aromatic N) is 3. The minimum Gasteiger partial charge on any atom is -0.349 e. The van der Waals surface area contributed by atoms with Crippen LogP contribution in [0.25, 0.3) is 27.8 Å². The van der Waals surface area contributed by atoms with Crippen molar-refractivity contribution < 1.29 is 4.79 Å². The third kappa shape index (κ3) is 3.52. The molecule has 0 atom stereocenters. The van der Waals surface area contributed by atoms with E-state index in [9.17, 15) is 9.59 Å². The van der Waals surface area contributed by atoms with Crippen molar-refractivity contribution in [1.29, 1.82) is 0 Å². The second-order valence-corrected chi connectivity index (χ2v) is 8.22. The number of nitrogens with one attached hydrogen (secondary N) is 1. The summed E-state index contributed by atoms with van der Waals surface area (Å²) in [5, 5.41) is 3.32. The Labute approximate surface area is 180 Å². The van der Waals surface area contributed by atoms with E-state index in [0.717, 1.165) is 34.1 Å². The average molecular weight is 461 g/mol. The molecule has 1 amide bonds. The zero-order valence-corrected chi connectivity index (χ0v) is 17.5. The van der Waals surface area contributed by atoms with Crippen LogP contribution in [0.1, 0.15) is 23.2 Å². The first-order chi connectivity index (χ1) is 14.6. The molecule has 1 N–H and O–H groups in total. The van der Waals surface area contributed by atoms with Gasteiger partial charge in [0, 0.05) is 46.6 Å². The molecule has 0 unspecified atom stereocenters.